The van der Waals surface area contributed by atoms with E-state index in [1.807, 2.05) is 0 Å². The van der Waals surface area contributed by atoms with E-state index in [1.165, 1.54) is 56.1 Å². The Bertz CT molecular complexity index is 430. The van der Waals surface area contributed by atoms with Crippen LogP contribution in [-0.4, -0.2) is 6.61 Å². The minimum absolute atomic E-state index is 0.842. The number of ether oxygens (including phenoxy) is 1. The van der Waals surface area contributed by atoms with Crippen molar-refractivity contribution >= 4 is 5.57 Å². The van der Waals surface area contributed by atoms with Gasteiger partial charge in [-0.15, -0.1) is 0 Å². The molecule has 0 fully saturated rings. The van der Waals surface area contributed by atoms with Gasteiger partial charge in [0, 0.05) is 0 Å². The van der Waals surface area contributed by atoms with Crippen molar-refractivity contribution in [1.82, 2.24) is 0 Å². The first kappa shape index (κ1) is 16.1. The first-order valence-corrected chi connectivity index (χ1v) is 8.75. The summed E-state index contributed by atoms with van der Waals surface area (Å²) in [5, 5.41) is 0. The zero-order chi connectivity index (χ0) is 14.9. The van der Waals surface area contributed by atoms with Gasteiger partial charge in [0.25, 0.3) is 0 Å². The van der Waals surface area contributed by atoms with Crippen molar-refractivity contribution in [2.45, 2.75) is 65.2 Å². The van der Waals surface area contributed by atoms with Gasteiger partial charge in [-0.1, -0.05) is 57.7 Å². The molecule has 1 aromatic carbocycles. The van der Waals surface area contributed by atoms with Crippen molar-refractivity contribution in [3.63, 3.8) is 0 Å². The first-order valence-electron chi connectivity index (χ1n) is 8.75. The van der Waals surface area contributed by atoms with E-state index >= 15 is 0 Å². The van der Waals surface area contributed by atoms with Gasteiger partial charge in [-0.2, -0.15) is 0 Å². The van der Waals surface area contributed by atoms with Crippen LogP contribution in [0.3, 0.4) is 0 Å². The Morgan fingerprint density at radius 2 is 1.86 bits per heavy atom. The second kappa shape index (κ2) is 8.92. The SMILES string of the molecule is CCCCCOc1ccc(C2=CCC(CCC)CC2)cc1. The van der Waals surface area contributed by atoms with E-state index in [-0.39, 0.29) is 0 Å². The van der Waals surface area contributed by atoms with Gasteiger partial charge in [0.05, 0.1) is 6.61 Å². The Morgan fingerprint density at radius 1 is 1.05 bits per heavy atom. The summed E-state index contributed by atoms with van der Waals surface area (Å²) in [7, 11) is 0. The van der Waals surface area contributed by atoms with Crippen molar-refractivity contribution in [2.24, 2.45) is 5.92 Å². The van der Waals surface area contributed by atoms with Crippen LogP contribution in [0, 0.1) is 5.92 Å². The van der Waals surface area contributed by atoms with E-state index in [2.05, 4.69) is 44.2 Å². The summed E-state index contributed by atoms with van der Waals surface area (Å²) in [4.78, 5) is 0. The fourth-order valence-electron chi connectivity index (χ4n) is 3.13. The number of hydrogen-bond acceptors (Lipinski definition) is 1. The molecule has 116 valence electrons. The second-order valence-electron chi connectivity index (χ2n) is 6.24. The second-order valence-corrected chi connectivity index (χ2v) is 6.24. The summed E-state index contributed by atoms with van der Waals surface area (Å²) in [6.45, 7) is 5.35. The molecule has 1 aliphatic rings. The van der Waals surface area contributed by atoms with Gasteiger partial charge in [-0.25, -0.2) is 0 Å². The Labute approximate surface area is 130 Å². The summed E-state index contributed by atoms with van der Waals surface area (Å²) in [6, 6.07) is 8.70. The van der Waals surface area contributed by atoms with E-state index < -0.39 is 0 Å². The van der Waals surface area contributed by atoms with Gasteiger partial charge in [-0.3, -0.25) is 0 Å². The summed E-state index contributed by atoms with van der Waals surface area (Å²) in [5.41, 5.74) is 2.91. The summed E-state index contributed by atoms with van der Waals surface area (Å²) in [6.07, 6.45) is 12.7. The van der Waals surface area contributed by atoms with Gasteiger partial charge < -0.3 is 4.74 Å². The van der Waals surface area contributed by atoms with E-state index in [0.717, 1.165) is 24.7 Å². The molecule has 0 amide bonds. The predicted octanol–water partition coefficient (Wildman–Crippen LogP) is 6.24. The van der Waals surface area contributed by atoms with E-state index in [4.69, 9.17) is 4.74 Å². The van der Waals surface area contributed by atoms with Gasteiger partial charge in [0.1, 0.15) is 5.75 Å². The Hall–Kier alpha value is -1.24. The molecule has 0 aliphatic heterocycles. The molecular weight excluding hydrogens is 256 g/mol. The molecule has 1 aromatic rings. The molecule has 1 unspecified atom stereocenters. The molecule has 0 heterocycles. The van der Waals surface area contributed by atoms with Gasteiger partial charge >= 0.3 is 0 Å². The van der Waals surface area contributed by atoms with Crippen molar-refractivity contribution in [2.75, 3.05) is 6.61 Å². The van der Waals surface area contributed by atoms with Crippen molar-refractivity contribution in [3.8, 4) is 5.75 Å². The molecule has 1 aliphatic carbocycles. The number of benzene rings is 1. The third-order valence-corrected chi connectivity index (χ3v) is 4.46. The Morgan fingerprint density at radius 3 is 2.48 bits per heavy atom. The monoisotopic (exact) mass is 286 g/mol. The quantitative estimate of drug-likeness (QED) is 0.514. The average Bonchev–Trinajstić information content (AvgIpc) is 2.53. The lowest BCUT2D eigenvalue weighted by atomic mass is 9.84. The van der Waals surface area contributed by atoms with E-state index in [0.29, 0.717) is 0 Å². The number of rotatable bonds is 8. The van der Waals surface area contributed by atoms with Crippen LogP contribution < -0.4 is 4.74 Å². The molecule has 0 bridgehead atoms. The number of hydrogen-bond donors (Lipinski definition) is 0. The van der Waals surface area contributed by atoms with Gasteiger partial charge in [-0.05, 0) is 54.9 Å². The summed E-state index contributed by atoms with van der Waals surface area (Å²) < 4.78 is 5.78. The lowest BCUT2D eigenvalue weighted by Gasteiger charge is -2.21. The minimum atomic E-state index is 0.842. The zero-order valence-corrected chi connectivity index (χ0v) is 13.7. The Balaban J connectivity index is 1.84. The highest BCUT2D eigenvalue weighted by Gasteiger charge is 2.14. The Kier molecular flexibility index (Phi) is 6.85. The fourth-order valence-corrected chi connectivity index (χ4v) is 3.13. The molecule has 0 radical (unpaired) electrons. The molecule has 2 rings (SSSR count). The fraction of sp³-hybridized carbons (Fsp3) is 0.600. The molecule has 0 aromatic heterocycles. The largest absolute Gasteiger partial charge is 0.494 e. The molecule has 1 atom stereocenters. The van der Waals surface area contributed by atoms with Crippen LogP contribution in [0.5, 0.6) is 5.75 Å². The molecule has 0 saturated heterocycles. The molecule has 1 nitrogen and oxygen atoms in total. The molecule has 21 heavy (non-hydrogen) atoms. The van der Waals surface area contributed by atoms with E-state index in [1.54, 1.807) is 0 Å². The smallest absolute Gasteiger partial charge is 0.119 e. The van der Waals surface area contributed by atoms with Crippen LogP contribution in [-0.2, 0) is 0 Å². The summed E-state index contributed by atoms with van der Waals surface area (Å²) in [5.74, 6) is 1.93. The van der Waals surface area contributed by atoms with Crippen molar-refractivity contribution < 1.29 is 4.74 Å². The third kappa shape index (κ3) is 5.22. The number of unbranched alkanes of at least 4 members (excludes halogenated alkanes) is 2. The van der Waals surface area contributed by atoms with Crippen LogP contribution in [0.1, 0.15) is 70.8 Å². The van der Waals surface area contributed by atoms with Crippen LogP contribution >= 0.6 is 0 Å². The van der Waals surface area contributed by atoms with Gasteiger partial charge in [0.15, 0.2) is 0 Å². The van der Waals surface area contributed by atoms with E-state index in [9.17, 15) is 0 Å². The molecule has 0 N–H and O–H groups in total. The highest BCUT2D eigenvalue weighted by molar-refractivity contribution is 5.66. The lowest BCUT2D eigenvalue weighted by Crippen LogP contribution is -2.05. The average molecular weight is 286 g/mol. The minimum Gasteiger partial charge on any atom is -0.494 e. The highest BCUT2D eigenvalue weighted by atomic mass is 16.5. The van der Waals surface area contributed by atoms with Crippen molar-refractivity contribution in [1.29, 1.82) is 0 Å². The lowest BCUT2D eigenvalue weighted by molar-refractivity contribution is 0.306. The maximum absolute atomic E-state index is 5.78. The summed E-state index contributed by atoms with van der Waals surface area (Å²) >= 11 is 0. The predicted molar refractivity (Wildman–Crippen MR) is 91.7 cm³/mol. The van der Waals surface area contributed by atoms with Crippen molar-refractivity contribution in [3.05, 3.63) is 35.9 Å². The standard InChI is InChI=1S/C20H30O/c1-3-5-6-16-21-20-14-12-19(13-15-20)18-10-8-17(7-4-2)9-11-18/h10,12-15,17H,3-9,11,16H2,1-2H3. The van der Waals surface area contributed by atoms with Crippen LogP contribution in [0.2, 0.25) is 0 Å². The van der Waals surface area contributed by atoms with Crippen LogP contribution in [0.4, 0.5) is 0 Å². The normalized spacial score (nSPS) is 18.4. The molecular formula is C20H30O. The maximum atomic E-state index is 5.78. The number of allylic oxidation sites excluding steroid dienone is 2. The third-order valence-electron chi connectivity index (χ3n) is 4.46. The topological polar surface area (TPSA) is 9.23 Å². The molecule has 1 heteroatoms. The van der Waals surface area contributed by atoms with Crippen LogP contribution in [0.15, 0.2) is 30.3 Å². The zero-order valence-electron chi connectivity index (χ0n) is 13.7. The molecule has 0 spiro atoms. The van der Waals surface area contributed by atoms with Crippen LogP contribution in [0.25, 0.3) is 5.57 Å². The molecule has 0 saturated carbocycles. The van der Waals surface area contributed by atoms with Gasteiger partial charge in [0.2, 0.25) is 0 Å². The maximum Gasteiger partial charge on any atom is 0.119 e. The first-order chi connectivity index (χ1) is 10.3. The highest BCUT2D eigenvalue weighted by Crippen LogP contribution is 2.32.